The van der Waals surface area contributed by atoms with E-state index in [-0.39, 0.29) is 5.91 Å². The number of thiophene rings is 1. The average Bonchev–Trinajstić information content (AvgIpc) is 2.77. The van der Waals surface area contributed by atoms with Crippen LogP contribution in [-0.2, 0) is 0 Å². The van der Waals surface area contributed by atoms with Gasteiger partial charge in [-0.15, -0.1) is 11.3 Å². The summed E-state index contributed by atoms with van der Waals surface area (Å²) < 4.78 is 0. The van der Waals surface area contributed by atoms with Crippen LogP contribution in [-0.4, -0.2) is 10.9 Å². The highest BCUT2D eigenvalue weighted by atomic mass is 32.1. The molecule has 1 amide bonds. The van der Waals surface area contributed by atoms with Gasteiger partial charge < -0.3 is 11.1 Å². The van der Waals surface area contributed by atoms with E-state index >= 15 is 0 Å². The number of nitrogen functional groups attached to an aromatic ring is 1. The molecule has 16 heavy (non-hydrogen) atoms. The summed E-state index contributed by atoms with van der Waals surface area (Å²) in [5, 5.41) is 4.57. The number of hydrogen-bond donors (Lipinski definition) is 2. The number of carbonyl (C=O) groups is 1. The van der Waals surface area contributed by atoms with E-state index in [0.717, 1.165) is 0 Å². The number of carbonyl (C=O) groups excluding carboxylic acids is 1. The van der Waals surface area contributed by atoms with E-state index in [1.54, 1.807) is 25.1 Å². The molecule has 0 radical (unpaired) electrons. The molecule has 2 aromatic heterocycles. The SMILES string of the molecule is Cc1nc(NC(=O)c2cccs2)ccc1N. The van der Waals surface area contributed by atoms with Crippen molar-refractivity contribution in [1.82, 2.24) is 4.98 Å². The Hall–Kier alpha value is -1.88. The minimum atomic E-state index is -0.147. The highest BCUT2D eigenvalue weighted by Crippen LogP contribution is 2.14. The van der Waals surface area contributed by atoms with Crippen LogP contribution < -0.4 is 11.1 Å². The van der Waals surface area contributed by atoms with Gasteiger partial charge in [0.1, 0.15) is 5.82 Å². The topological polar surface area (TPSA) is 68.0 Å². The first-order valence-electron chi connectivity index (χ1n) is 4.75. The Balaban J connectivity index is 2.15. The normalized spacial score (nSPS) is 10.1. The van der Waals surface area contributed by atoms with Gasteiger partial charge in [0.2, 0.25) is 0 Å². The van der Waals surface area contributed by atoms with Gasteiger partial charge in [-0.3, -0.25) is 4.79 Å². The number of anilines is 2. The number of aryl methyl sites for hydroxylation is 1. The number of rotatable bonds is 2. The average molecular weight is 233 g/mol. The molecule has 0 saturated heterocycles. The van der Waals surface area contributed by atoms with Crippen molar-refractivity contribution in [3.05, 3.63) is 40.2 Å². The van der Waals surface area contributed by atoms with Gasteiger partial charge in [-0.05, 0) is 30.5 Å². The molecule has 0 spiro atoms. The quantitative estimate of drug-likeness (QED) is 0.836. The fourth-order valence-electron chi connectivity index (χ4n) is 1.23. The maximum absolute atomic E-state index is 11.7. The van der Waals surface area contributed by atoms with Crippen LogP contribution in [0.3, 0.4) is 0 Å². The maximum atomic E-state index is 11.7. The second-order valence-electron chi connectivity index (χ2n) is 3.30. The van der Waals surface area contributed by atoms with E-state index in [4.69, 9.17) is 5.73 Å². The van der Waals surface area contributed by atoms with Crippen LogP contribution in [0.2, 0.25) is 0 Å². The lowest BCUT2D eigenvalue weighted by atomic mass is 10.3. The van der Waals surface area contributed by atoms with E-state index in [1.807, 2.05) is 11.4 Å². The number of amides is 1. The summed E-state index contributed by atoms with van der Waals surface area (Å²) >= 11 is 1.39. The van der Waals surface area contributed by atoms with Crippen molar-refractivity contribution in [2.24, 2.45) is 0 Å². The summed E-state index contributed by atoms with van der Waals surface area (Å²) in [6.07, 6.45) is 0. The van der Waals surface area contributed by atoms with Gasteiger partial charge in [0.05, 0.1) is 16.3 Å². The van der Waals surface area contributed by atoms with Crippen molar-refractivity contribution in [3.8, 4) is 0 Å². The molecule has 5 heteroatoms. The van der Waals surface area contributed by atoms with Gasteiger partial charge in [-0.1, -0.05) is 6.07 Å². The third kappa shape index (κ3) is 2.20. The van der Waals surface area contributed by atoms with E-state index in [2.05, 4.69) is 10.3 Å². The second kappa shape index (κ2) is 4.32. The zero-order valence-electron chi connectivity index (χ0n) is 8.73. The van der Waals surface area contributed by atoms with Crippen LogP contribution in [0, 0.1) is 6.92 Å². The lowest BCUT2D eigenvalue weighted by molar-refractivity contribution is 0.103. The third-order valence-electron chi connectivity index (χ3n) is 2.11. The van der Waals surface area contributed by atoms with E-state index < -0.39 is 0 Å². The Morgan fingerprint density at radius 3 is 2.88 bits per heavy atom. The van der Waals surface area contributed by atoms with Gasteiger partial charge in [0, 0.05) is 0 Å². The molecule has 0 aliphatic rings. The molecule has 0 aliphatic carbocycles. The predicted octanol–water partition coefficient (Wildman–Crippen LogP) is 2.29. The predicted molar refractivity (Wildman–Crippen MR) is 65.7 cm³/mol. The van der Waals surface area contributed by atoms with Crippen LogP contribution in [0.15, 0.2) is 29.6 Å². The van der Waals surface area contributed by atoms with Crippen molar-refractivity contribution < 1.29 is 4.79 Å². The van der Waals surface area contributed by atoms with Crippen molar-refractivity contribution in [3.63, 3.8) is 0 Å². The van der Waals surface area contributed by atoms with Gasteiger partial charge in [-0.25, -0.2) is 4.98 Å². The van der Waals surface area contributed by atoms with Crippen molar-refractivity contribution in [2.45, 2.75) is 6.92 Å². The lowest BCUT2D eigenvalue weighted by Gasteiger charge is -2.05. The molecular formula is C11H11N3OS. The Labute approximate surface area is 97.1 Å². The maximum Gasteiger partial charge on any atom is 0.266 e. The minimum Gasteiger partial charge on any atom is -0.397 e. The summed E-state index contributed by atoms with van der Waals surface area (Å²) in [6.45, 7) is 1.80. The van der Waals surface area contributed by atoms with Crippen LogP contribution in [0.25, 0.3) is 0 Å². The fourth-order valence-corrected chi connectivity index (χ4v) is 1.85. The molecule has 4 nitrogen and oxygen atoms in total. The Morgan fingerprint density at radius 2 is 2.25 bits per heavy atom. The summed E-state index contributed by atoms with van der Waals surface area (Å²) in [5.74, 6) is 0.372. The number of nitrogens with zero attached hydrogens (tertiary/aromatic N) is 1. The zero-order chi connectivity index (χ0) is 11.5. The number of hydrogen-bond acceptors (Lipinski definition) is 4. The lowest BCUT2D eigenvalue weighted by Crippen LogP contribution is -2.11. The summed E-state index contributed by atoms with van der Waals surface area (Å²) in [7, 11) is 0. The van der Waals surface area contributed by atoms with E-state index in [9.17, 15) is 4.79 Å². The largest absolute Gasteiger partial charge is 0.397 e. The van der Waals surface area contributed by atoms with Crippen LogP contribution in [0.1, 0.15) is 15.4 Å². The molecule has 0 aliphatic heterocycles. The number of pyridine rings is 1. The number of nitrogens with two attached hydrogens (primary N) is 1. The Kier molecular flexibility index (Phi) is 2.87. The third-order valence-corrected chi connectivity index (χ3v) is 2.98. The smallest absolute Gasteiger partial charge is 0.266 e. The van der Waals surface area contributed by atoms with Gasteiger partial charge in [0.25, 0.3) is 5.91 Å². The van der Waals surface area contributed by atoms with E-state index in [1.165, 1.54) is 11.3 Å². The molecule has 0 saturated carbocycles. The Morgan fingerprint density at radius 1 is 1.44 bits per heavy atom. The first-order valence-corrected chi connectivity index (χ1v) is 5.63. The highest BCUT2D eigenvalue weighted by Gasteiger charge is 2.07. The van der Waals surface area contributed by atoms with Gasteiger partial charge in [0.15, 0.2) is 0 Å². The molecule has 3 N–H and O–H groups in total. The van der Waals surface area contributed by atoms with Gasteiger partial charge >= 0.3 is 0 Å². The summed E-state index contributed by atoms with van der Waals surface area (Å²) in [5.41, 5.74) is 6.97. The number of aromatic nitrogens is 1. The van der Waals surface area contributed by atoms with E-state index in [0.29, 0.717) is 22.1 Å². The first kappa shape index (κ1) is 10.6. The monoisotopic (exact) mass is 233 g/mol. The highest BCUT2D eigenvalue weighted by molar-refractivity contribution is 7.12. The summed E-state index contributed by atoms with van der Waals surface area (Å²) in [4.78, 5) is 16.5. The molecule has 0 aromatic carbocycles. The molecule has 2 rings (SSSR count). The molecule has 2 heterocycles. The Bertz CT molecular complexity index is 508. The van der Waals surface area contributed by atoms with Gasteiger partial charge in [-0.2, -0.15) is 0 Å². The number of nitrogens with one attached hydrogen (secondary N) is 1. The minimum absolute atomic E-state index is 0.147. The van der Waals surface area contributed by atoms with Crippen LogP contribution >= 0.6 is 11.3 Å². The summed E-state index contributed by atoms with van der Waals surface area (Å²) in [6, 6.07) is 7.02. The standard InChI is InChI=1S/C11H11N3OS/c1-7-8(12)4-5-10(13-7)14-11(15)9-3-2-6-16-9/h2-6H,12H2,1H3,(H,13,14,15). The zero-order valence-corrected chi connectivity index (χ0v) is 9.54. The molecule has 2 aromatic rings. The van der Waals surface area contributed by atoms with Crippen LogP contribution in [0.5, 0.6) is 0 Å². The van der Waals surface area contributed by atoms with Crippen molar-refractivity contribution in [1.29, 1.82) is 0 Å². The molecule has 82 valence electrons. The molecule has 0 fully saturated rings. The van der Waals surface area contributed by atoms with Crippen LogP contribution in [0.4, 0.5) is 11.5 Å². The molecule has 0 unspecified atom stereocenters. The van der Waals surface area contributed by atoms with Crippen molar-refractivity contribution in [2.75, 3.05) is 11.1 Å². The molecular weight excluding hydrogens is 222 g/mol. The molecule has 0 atom stereocenters. The first-order chi connectivity index (χ1) is 7.66. The van der Waals surface area contributed by atoms with Crippen molar-refractivity contribution >= 4 is 28.7 Å². The second-order valence-corrected chi connectivity index (χ2v) is 4.25. The molecule has 0 bridgehead atoms. The fraction of sp³-hybridized carbons (Fsp3) is 0.0909.